The van der Waals surface area contributed by atoms with E-state index in [9.17, 15) is 4.79 Å². The molecule has 1 aromatic carbocycles. The summed E-state index contributed by atoms with van der Waals surface area (Å²) >= 11 is 7.18. The molecule has 1 N–H and O–H groups in total. The Balaban J connectivity index is 1.79. The van der Waals surface area contributed by atoms with Crippen LogP contribution < -0.4 is 14.8 Å². The standard InChI is InChI=1S/C15H12ClN3O4S/c1-21-9-5-8(6-10(7-9)22-2)13(20)17-15-19-18-14(23-15)11-3-4-12(16)24-11/h3-7H,1-2H3,(H,17,19,20). The van der Waals surface area contributed by atoms with Gasteiger partial charge >= 0.3 is 6.01 Å². The zero-order chi connectivity index (χ0) is 17.1. The number of nitrogens with one attached hydrogen (secondary N) is 1. The first-order chi connectivity index (χ1) is 11.6. The molecule has 3 aromatic rings. The first kappa shape index (κ1) is 16.3. The van der Waals surface area contributed by atoms with Crippen LogP contribution in [0.3, 0.4) is 0 Å². The minimum atomic E-state index is -0.424. The van der Waals surface area contributed by atoms with Gasteiger partial charge in [-0.2, -0.15) is 0 Å². The quantitative estimate of drug-likeness (QED) is 0.741. The topological polar surface area (TPSA) is 86.5 Å². The van der Waals surface area contributed by atoms with E-state index in [1.165, 1.54) is 25.6 Å². The molecule has 124 valence electrons. The van der Waals surface area contributed by atoms with Gasteiger partial charge in [-0.05, 0) is 24.3 Å². The Morgan fingerprint density at radius 2 is 1.88 bits per heavy atom. The number of anilines is 1. The van der Waals surface area contributed by atoms with Crippen molar-refractivity contribution in [3.8, 4) is 22.3 Å². The van der Waals surface area contributed by atoms with Crippen LogP contribution in [0.15, 0.2) is 34.7 Å². The number of carbonyl (C=O) groups excluding carboxylic acids is 1. The average Bonchev–Trinajstić information content (AvgIpc) is 3.23. The minimum absolute atomic E-state index is 0.0127. The summed E-state index contributed by atoms with van der Waals surface area (Å²) in [6, 6.07) is 8.30. The van der Waals surface area contributed by atoms with Crippen LogP contribution in [0.5, 0.6) is 11.5 Å². The lowest BCUT2D eigenvalue weighted by Crippen LogP contribution is -2.12. The predicted octanol–water partition coefficient (Wildman–Crippen LogP) is 3.72. The lowest BCUT2D eigenvalue weighted by Gasteiger charge is -2.07. The summed E-state index contributed by atoms with van der Waals surface area (Å²) in [4.78, 5) is 13.1. The van der Waals surface area contributed by atoms with Crippen LogP contribution in [0.25, 0.3) is 10.8 Å². The maximum absolute atomic E-state index is 12.3. The van der Waals surface area contributed by atoms with Crippen LogP contribution in [0.1, 0.15) is 10.4 Å². The number of halogens is 1. The van der Waals surface area contributed by atoms with Crippen molar-refractivity contribution in [2.24, 2.45) is 0 Å². The van der Waals surface area contributed by atoms with Crippen molar-refractivity contribution >= 4 is 34.9 Å². The second kappa shape index (κ2) is 6.90. The van der Waals surface area contributed by atoms with Gasteiger partial charge in [0.2, 0.25) is 0 Å². The number of benzene rings is 1. The summed E-state index contributed by atoms with van der Waals surface area (Å²) < 4.78 is 16.3. The summed E-state index contributed by atoms with van der Waals surface area (Å²) in [6.45, 7) is 0. The summed E-state index contributed by atoms with van der Waals surface area (Å²) in [5.74, 6) is 0.856. The van der Waals surface area contributed by atoms with Crippen LogP contribution in [0.2, 0.25) is 4.34 Å². The summed E-state index contributed by atoms with van der Waals surface area (Å²) in [5, 5.41) is 10.2. The van der Waals surface area contributed by atoms with Crippen LogP contribution in [0, 0.1) is 0 Å². The van der Waals surface area contributed by atoms with Crippen molar-refractivity contribution < 1.29 is 18.7 Å². The van der Waals surface area contributed by atoms with E-state index in [0.29, 0.717) is 21.4 Å². The van der Waals surface area contributed by atoms with Crippen molar-refractivity contribution in [1.82, 2.24) is 10.2 Å². The Morgan fingerprint density at radius 3 is 2.46 bits per heavy atom. The van der Waals surface area contributed by atoms with Crippen molar-refractivity contribution in [3.05, 3.63) is 40.2 Å². The fraction of sp³-hybridized carbons (Fsp3) is 0.133. The van der Waals surface area contributed by atoms with Gasteiger partial charge in [-0.3, -0.25) is 10.1 Å². The molecule has 9 heteroatoms. The van der Waals surface area contributed by atoms with Crippen molar-refractivity contribution in [3.63, 3.8) is 0 Å². The smallest absolute Gasteiger partial charge is 0.322 e. The maximum Gasteiger partial charge on any atom is 0.322 e. The van der Waals surface area contributed by atoms with Gasteiger partial charge in [-0.25, -0.2) is 0 Å². The van der Waals surface area contributed by atoms with Crippen LogP contribution in [0.4, 0.5) is 6.01 Å². The monoisotopic (exact) mass is 365 g/mol. The SMILES string of the molecule is COc1cc(OC)cc(C(=O)Nc2nnc(-c3ccc(Cl)s3)o2)c1. The molecular weight excluding hydrogens is 354 g/mol. The largest absolute Gasteiger partial charge is 0.497 e. The fourth-order valence-electron chi connectivity index (χ4n) is 1.91. The number of carbonyl (C=O) groups is 1. The van der Waals surface area contributed by atoms with Gasteiger partial charge in [-0.1, -0.05) is 16.7 Å². The molecule has 0 radical (unpaired) electrons. The number of ether oxygens (including phenoxy) is 2. The summed E-state index contributed by atoms with van der Waals surface area (Å²) in [7, 11) is 3.01. The second-order valence-electron chi connectivity index (χ2n) is 4.57. The van der Waals surface area contributed by atoms with Crippen LogP contribution in [-0.2, 0) is 0 Å². The summed E-state index contributed by atoms with van der Waals surface area (Å²) in [5.41, 5.74) is 0.338. The van der Waals surface area contributed by atoms with Gasteiger partial charge in [0.1, 0.15) is 11.5 Å². The molecule has 0 aliphatic rings. The van der Waals surface area contributed by atoms with Gasteiger partial charge in [0.05, 0.1) is 23.4 Å². The Bertz CT molecular complexity index is 855. The molecule has 0 spiro atoms. The highest BCUT2D eigenvalue weighted by molar-refractivity contribution is 7.19. The molecular formula is C15H12ClN3O4S. The summed E-state index contributed by atoms with van der Waals surface area (Å²) in [6.07, 6.45) is 0. The van der Waals surface area contributed by atoms with Gasteiger partial charge in [0.25, 0.3) is 11.8 Å². The minimum Gasteiger partial charge on any atom is -0.497 e. The zero-order valence-electron chi connectivity index (χ0n) is 12.7. The number of amides is 1. The van der Waals surface area contributed by atoms with Crippen LogP contribution >= 0.6 is 22.9 Å². The van der Waals surface area contributed by atoms with E-state index in [2.05, 4.69) is 15.5 Å². The Labute approximate surface area is 146 Å². The van der Waals surface area contributed by atoms with Gasteiger partial charge in [0.15, 0.2) is 0 Å². The lowest BCUT2D eigenvalue weighted by molar-refractivity contribution is 0.102. The normalized spacial score (nSPS) is 10.5. The molecule has 7 nitrogen and oxygen atoms in total. The highest BCUT2D eigenvalue weighted by Gasteiger charge is 2.15. The first-order valence-electron chi connectivity index (χ1n) is 6.72. The molecule has 2 aromatic heterocycles. The number of thiophene rings is 1. The van der Waals surface area contributed by atoms with E-state index >= 15 is 0 Å². The van der Waals surface area contributed by atoms with Gasteiger partial charge in [-0.15, -0.1) is 16.4 Å². The second-order valence-corrected chi connectivity index (χ2v) is 6.29. The molecule has 3 rings (SSSR count). The van der Waals surface area contributed by atoms with E-state index in [-0.39, 0.29) is 11.9 Å². The predicted molar refractivity (Wildman–Crippen MR) is 90.1 cm³/mol. The lowest BCUT2D eigenvalue weighted by atomic mass is 10.2. The maximum atomic E-state index is 12.3. The Hall–Kier alpha value is -2.58. The zero-order valence-corrected chi connectivity index (χ0v) is 14.3. The van der Waals surface area contributed by atoms with Crippen molar-refractivity contribution in [1.29, 1.82) is 0 Å². The van der Waals surface area contributed by atoms with E-state index < -0.39 is 5.91 Å². The fourth-order valence-corrected chi connectivity index (χ4v) is 2.87. The Morgan fingerprint density at radius 1 is 1.17 bits per heavy atom. The number of methoxy groups -OCH3 is 2. The Kier molecular flexibility index (Phi) is 4.68. The van der Waals surface area contributed by atoms with E-state index in [4.69, 9.17) is 25.5 Å². The molecule has 0 fully saturated rings. The van der Waals surface area contributed by atoms with E-state index in [1.807, 2.05) is 0 Å². The van der Waals surface area contributed by atoms with Gasteiger partial charge < -0.3 is 13.9 Å². The van der Waals surface area contributed by atoms with E-state index in [1.54, 1.807) is 30.3 Å². The number of nitrogens with zero attached hydrogens (tertiary/aromatic N) is 2. The third-order valence-electron chi connectivity index (χ3n) is 3.04. The van der Waals surface area contributed by atoms with E-state index in [0.717, 1.165) is 4.88 Å². The molecule has 0 aliphatic carbocycles. The molecule has 1 amide bonds. The average molecular weight is 366 g/mol. The highest BCUT2D eigenvalue weighted by atomic mass is 35.5. The number of rotatable bonds is 5. The van der Waals surface area contributed by atoms with Gasteiger partial charge in [0, 0.05) is 11.6 Å². The molecule has 0 atom stereocenters. The van der Waals surface area contributed by atoms with Crippen molar-refractivity contribution in [2.45, 2.75) is 0 Å². The van der Waals surface area contributed by atoms with Crippen molar-refractivity contribution in [2.75, 3.05) is 19.5 Å². The molecule has 0 saturated carbocycles. The molecule has 2 heterocycles. The molecule has 0 unspecified atom stereocenters. The molecule has 24 heavy (non-hydrogen) atoms. The highest BCUT2D eigenvalue weighted by Crippen LogP contribution is 2.31. The molecule has 0 aliphatic heterocycles. The van der Waals surface area contributed by atoms with Crippen LogP contribution in [-0.4, -0.2) is 30.3 Å². The molecule has 0 saturated heterocycles. The third kappa shape index (κ3) is 3.50. The third-order valence-corrected chi connectivity index (χ3v) is 4.26. The first-order valence-corrected chi connectivity index (χ1v) is 7.92. The molecule has 0 bridgehead atoms. The number of hydrogen-bond acceptors (Lipinski definition) is 7. The number of hydrogen-bond donors (Lipinski definition) is 1. The number of aromatic nitrogens is 2.